The minimum Gasteiger partial charge on any atom is -0.371 e. The quantitative estimate of drug-likeness (QED) is 0.722. The smallest absolute Gasteiger partial charge is 0.109 e. The van der Waals surface area contributed by atoms with Crippen LogP contribution in [0, 0.1) is 13.8 Å². The molecule has 1 aromatic carbocycles. The van der Waals surface area contributed by atoms with E-state index in [0.717, 1.165) is 24.4 Å². The van der Waals surface area contributed by atoms with E-state index in [-0.39, 0.29) is 0 Å². The van der Waals surface area contributed by atoms with Crippen molar-refractivity contribution >= 4 is 5.70 Å². The second-order valence-electron chi connectivity index (χ2n) is 8.33. The molecule has 1 aliphatic heterocycles. The van der Waals surface area contributed by atoms with E-state index in [1.807, 2.05) is 6.20 Å². The Labute approximate surface area is 157 Å². The van der Waals surface area contributed by atoms with Crippen molar-refractivity contribution in [1.29, 1.82) is 0 Å². The number of aromatic nitrogens is 1. The molecular weight excluding hydrogens is 323 g/mol. The highest BCUT2D eigenvalue weighted by atomic mass is 19.1. The van der Waals surface area contributed by atoms with E-state index >= 15 is 0 Å². The molecule has 140 valence electrons. The first-order valence-corrected chi connectivity index (χ1v) is 9.61. The topological polar surface area (TPSA) is 19.0 Å². The van der Waals surface area contributed by atoms with Gasteiger partial charge >= 0.3 is 0 Å². The summed E-state index contributed by atoms with van der Waals surface area (Å²) in [5, 5.41) is 0. The van der Waals surface area contributed by atoms with Gasteiger partial charge in [-0.1, -0.05) is 24.8 Å². The lowest BCUT2D eigenvalue weighted by atomic mass is 9.87. The van der Waals surface area contributed by atoms with E-state index in [1.165, 1.54) is 35.2 Å². The highest BCUT2D eigenvalue weighted by Gasteiger charge is 2.24. The van der Waals surface area contributed by atoms with Gasteiger partial charge in [0.25, 0.3) is 0 Å². The summed E-state index contributed by atoms with van der Waals surface area (Å²) >= 11 is 0. The van der Waals surface area contributed by atoms with Gasteiger partial charge in [-0.15, -0.1) is 0 Å². The Bertz CT molecular complexity index is 782. The molecule has 2 heterocycles. The van der Waals surface area contributed by atoms with E-state index in [0.29, 0.717) is 12.3 Å². The molecule has 1 aliphatic rings. The second kappa shape index (κ2) is 7.30. The number of halogens is 1. The lowest BCUT2D eigenvalue weighted by Crippen LogP contribution is -2.33. The average molecular weight is 355 g/mol. The van der Waals surface area contributed by atoms with Gasteiger partial charge in [-0.05, 0) is 63.3 Å². The van der Waals surface area contributed by atoms with E-state index in [4.69, 9.17) is 0 Å². The van der Waals surface area contributed by atoms with E-state index in [1.54, 1.807) is 13.8 Å². The van der Waals surface area contributed by atoms with E-state index < -0.39 is 5.67 Å². The summed E-state index contributed by atoms with van der Waals surface area (Å²) < 4.78 is 14.0. The fraction of sp³-hybridized carbons (Fsp3) is 0.478. The van der Waals surface area contributed by atoms with Gasteiger partial charge in [-0.2, -0.15) is 0 Å². The molecule has 1 N–H and O–H groups in total. The molecule has 0 saturated carbocycles. The number of rotatable bonds is 5. The van der Waals surface area contributed by atoms with E-state index in [2.05, 4.69) is 54.6 Å². The van der Waals surface area contributed by atoms with Crippen LogP contribution in [0.2, 0.25) is 0 Å². The fourth-order valence-electron chi connectivity index (χ4n) is 4.05. The molecule has 2 nitrogen and oxygen atoms in total. The maximum atomic E-state index is 14.0. The number of benzene rings is 1. The van der Waals surface area contributed by atoms with Crippen LogP contribution in [0.25, 0.3) is 5.70 Å². The third-order valence-corrected chi connectivity index (χ3v) is 5.52. The number of likely N-dealkylation sites (tertiary alicyclic amines) is 1. The molecule has 1 fully saturated rings. The number of aromatic amines is 1. The van der Waals surface area contributed by atoms with Crippen LogP contribution in [0.4, 0.5) is 4.39 Å². The molecule has 1 atom stereocenters. The molecule has 0 bridgehead atoms. The number of aryl methyl sites for hydroxylation is 2. The van der Waals surface area contributed by atoms with Gasteiger partial charge in [-0.3, -0.25) is 0 Å². The Balaban J connectivity index is 1.74. The summed E-state index contributed by atoms with van der Waals surface area (Å²) in [5.74, 6) is 0.505. The van der Waals surface area contributed by atoms with Gasteiger partial charge in [0.2, 0.25) is 0 Å². The zero-order valence-corrected chi connectivity index (χ0v) is 16.5. The summed E-state index contributed by atoms with van der Waals surface area (Å²) in [7, 11) is 0. The highest BCUT2D eigenvalue weighted by Crippen LogP contribution is 2.33. The number of hydrogen-bond acceptors (Lipinski definition) is 1. The van der Waals surface area contributed by atoms with Gasteiger partial charge in [-0.25, -0.2) is 4.39 Å². The van der Waals surface area contributed by atoms with Crippen LogP contribution in [-0.4, -0.2) is 28.6 Å². The first kappa shape index (κ1) is 18.8. The zero-order valence-electron chi connectivity index (χ0n) is 16.5. The maximum absolute atomic E-state index is 14.0. The van der Waals surface area contributed by atoms with Gasteiger partial charge in [0.1, 0.15) is 5.67 Å². The van der Waals surface area contributed by atoms with Crippen molar-refractivity contribution in [3.05, 3.63) is 65.0 Å². The van der Waals surface area contributed by atoms with Gasteiger partial charge in [0, 0.05) is 48.6 Å². The third kappa shape index (κ3) is 4.20. The first-order chi connectivity index (χ1) is 12.2. The number of nitrogens with zero attached hydrogens (tertiary/aromatic N) is 1. The minimum absolute atomic E-state index is 0.472. The summed E-state index contributed by atoms with van der Waals surface area (Å²) in [6, 6.07) is 8.70. The van der Waals surface area contributed by atoms with Gasteiger partial charge < -0.3 is 9.88 Å². The Kier molecular flexibility index (Phi) is 5.27. The van der Waals surface area contributed by atoms with Crippen LogP contribution in [0.1, 0.15) is 60.6 Å². The second-order valence-corrected chi connectivity index (χ2v) is 8.33. The molecule has 0 amide bonds. The van der Waals surface area contributed by atoms with Crippen LogP contribution in [0.5, 0.6) is 0 Å². The molecule has 3 heteroatoms. The number of hydrogen-bond donors (Lipinski definition) is 1. The molecule has 26 heavy (non-hydrogen) atoms. The molecule has 0 spiro atoms. The molecule has 0 radical (unpaired) electrons. The summed E-state index contributed by atoms with van der Waals surface area (Å²) in [5.41, 5.74) is 6.01. The fourth-order valence-corrected chi connectivity index (χ4v) is 4.05. The van der Waals surface area contributed by atoms with Crippen molar-refractivity contribution in [3.63, 3.8) is 0 Å². The Hall–Kier alpha value is -2.03. The molecule has 3 rings (SSSR count). The predicted molar refractivity (Wildman–Crippen MR) is 108 cm³/mol. The Morgan fingerprint density at radius 1 is 1.31 bits per heavy atom. The van der Waals surface area contributed by atoms with Crippen LogP contribution in [-0.2, 0) is 6.42 Å². The maximum Gasteiger partial charge on any atom is 0.109 e. The zero-order chi connectivity index (χ0) is 18.9. The largest absolute Gasteiger partial charge is 0.371 e. The first-order valence-electron chi connectivity index (χ1n) is 9.61. The summed E-state index contributed by atoms with van der Waals surface area (Å²) in [4.78, 5) is 5.66. The lowest BCUT2D eigenvalue weighted by molar-refractivity contribution is 0.217. The minimum atomic E-state index is -1.17. The van der Waals surface area contributed by atoms with Crippen molar-refractivity contribution in [3.8, 4) is 0 Å². The predicted octanol–water partition coefficient (Wildman–Crippen LogP) is 5.77. The molecule has 1 unspecified atom stereocenters. The average Bonchev–Trinajstić information content (AvgIpc) is 3.01. The van der Waals surface area contributed by atoms with Crippen LogP contribution in [0.15, 0.2) is 37.0 Å². The van der Waals surface area contributed by atoms with Crippen molar-refractivity contribution in [1.82, 2.24) is 9.88 Å². The van der Waals surface area contributed by atoms with Crippen LogP contribution >= 0.6 is 0 Å². The number of H-pyrrole nitrogens is 1. The highest BCUT2D eigenvalue weighted by molar-refractivity contribution is 5.64. The van der Waals surface area contributed by atoms with Crippen molar-refractivity contribution in [2.45, 2.75) is 58.5 Å². The number of nitrogens with one attached hydrogen (secondary N) is 1. The van der Waals surface area contributed by atoms with Crippen molar-refractivity contribution < 1.29 is 4.39 Å². The summed E-state index contributed by atoms with van der Waals surface area (Å²) in [6.45, 7) is 13.9. The standard InChI is InChI=1S/C23H31FN2/c1-16-13-19(8-9-20(16)14-23(4,5)24)21-7-6-12-26(15-21)18(3)22-10-11-25-17(22)2/h8-11,13,21,25H,3,6-7,12,14-15H2,1-2,4-5H3. The van der Waals surface area contributed by atoms with Crippen LogP contribution < -0.4 is 0 Å². The SMILES string of the molecule is C=C(c1cc[nH]c1C)N1CCCC(c2ccc(CC(C)(C)F)c(C)c2)C1. The number of alkyl halides is 1. The monoisotopic (exact) mass is 354 g/mol. The van der Waals surface area contributed by atoms with E-state index in [9.17, 15) is 4.39 Å². The molecular formula is C23H31FN2. The Morgan fingerprint density at radius 2 is 2.08 bits per heavy atom. The van der Waals surface area contributed by atoms with Crippen molar-refractivity contribution in [2.75, 3.05) is 13.1 Å². The van der Waals surface area contributed by atoms with Crippen LogP contribution in [0.3, 0.4) is 0 Å². The normalized spacial score (nSPS) is 18.2. The lowest BCUT2D eigenvalue weighted by Gasteiger charge is -2.36. The van der Waals surface area contributed by atoms with Gasteiger partial charge in [0.05, 0.1) is 0 Å². The molecule has 0 aliphatic carbocycles. The summed E-state index contributed by atoms with van der Waals surface area (Å²) in [6.07, 6.45) is 4.82. The number of piperidine rings is 1. The van der Waals surface area contributed by atoms with Gasteiger partial charge in [0.15, 0.2) is 0 Å². The third-order valence-electron chi connectivity index (χ3n) is 5.52. The molecule has 1 aromatic heterocycles. The molecule has 2 aromatic rings. The van der Waals surface area contributed by atoms with Crippen molar-refractivity contribution in [2.24, 2.45) is 0 Å². The Morgan fingerprint density at radius 3 is 2.69 bits per heavy atom. The molecule has 1 saturated heterocycles.